The molecule has 1 aliphatic carbocycles. The van der Waals surface area contributed by atoms with Crippen LogP contribution in [0.5, 0.6) is 0 Å². The molecule has 0 spiro atoms. The first-order valence-corrected chi connectivity index (χ1v) is 8.22. The van der Waals surface area contributed by atoms with Crippen LogP contribution in [-0.4, -0.2) is 0 Å². The third-order valence-electron chi connectivity index (χ3n) is 4.70. The largest absolute Gasteiger partial charge is 0.324 e. The molecule has 0 amide bonds. The van der Waals surface area contributed by atoms with Gasteiger partial charge in [0.05, 0.1) is 0 Å². The van der Waals surface area contributed by atoms with E-state index in [0.29, 0.717) is 0 Å². The Kier molecular flexibility index (Phi) is 4.26. The summed E-state index contributed by atoms with van der Waals surface area (Å²) in [5, 5.41) is 3.78. The standard InChI is InChI=1S/C20H25FN2/c1-20(2,3)19(13-8-10-14(21)11-9-13)23-18-12-17(22)15-6-4-5-7-16(15)18/h4-11,17-19,23H,12,22H2,1-3H3. The zero-order chi connectivity index (χ0) is 16.6. The molecule has 3 atom stereocenters. The van der Waals surface area contributed by atoms with Crippen LogP contribution in [0.2, 0.25) is 0 Å². The predicted molar refractivity (Wildman–Crippen MR) is 92.5 cm³/mol. The second kappa shape index (κ2) is 6.06. The van der Waals surface area contributed by atoms with Crippen molar-refractivity contribution in [3.05, 3.63) is 71.0 Å². The minimum atomic E-state index is -0.199. The summed E-state index contributed by atoms with van der Waals surface area (Å²) in [5.41, 5.74) is 9.93. The lowest BCUT2D eigenvalue weighted by atomic mass is 9.81. The van der Waals surface area contributed by atoms with Gasteiger partial charge in [-0.15, -0.1) is 0 Å². The second-order valence-electron chi connectivity index (χ2n) is 7.54. The first-order valence-electron chi connectivity index (χ1n) is 8.22. The van der Waals surface area contributed by atoms with E-state index in [-0.39, 0.29) is 29.4 Å². The van der Waals surface area contributed by atoms with Gasteiger partial charge in [0.2, 0.25) is 0 Å². The zero-order valence-electron chi connectivity index (χ0n) is 14.0. The van der Waals surface area contributed by atoms with E-state index in [1.165, 1.54) is 23.3 Å². The number of fused-ring (bicyclic) bond motifs is 1. The predicted octanol–water partition coefficient (Wildman–Crippen LogP) is 4.65. The molecule has 0 saturated carbocycles. The van der Waals surface area contributed by atoms with E-state index in [1.807, 2.05) is 18.2 Å². The van der Waals surface area contributed by atoms with Crippen LogP contribution in [0.4, 0.5) is 4.39 Å². The maximum absolute atomic E-state index is 13.3. The third-order valence-corrected chi connectivity index (χ3v) is 4.70. The molecule has 1 aliphatic rings. The lowest BCUT2D eigenvalue weighted by Gasteiger charge is -2.35. The molecule has 0 heterocycles. The molecule has 0 aliphatic heterocycles. The number of hydrogen-bond acceptors (Lipinski definition) is 2. The van der Waals surface area contributed by atoms with Crippen LogP contribution in [0.25, 0.3) is 0 Å². The Labute approximate surface area is 137 Å². The summed E-state index contributed by atoms with van der Waals surface area (Å²) in [7, 11) is 0. The molecule has 0 radical (unpaired) electrons. The minimum absolute atomic E-state index is 0.0134. The Hall–Kier alpha value is -1.71. The van der Waals surface area contributed by atoms with Crippen molar-refractivity contribution in [2.45, 2.75) is 45.3 Å². The van der Waals surface area contributed by atoms with Crippen LogP contribution in [0, 0.1) is 11.2 Å². The quantitative estimate of drug-likeness (QED) is 0.866. The first kappa shape index (κ1) is 16.2. The highest BCUT2D eigenvalue weighted by atomic mass is 19.1. The second-order valence-corrected chi connectivity index (χ2v) is 7.54. The molecule has 2 nitrogen and oxygen atoms in total. The van der Waals surface area contributed by atoms with E-state index in [2.05, 4.69) is 44.3 Å². The molecule has 3 unspecified atom stereocenters. The fraction of sp³-hybridized carbons (Fsp3) is 0.400. The van der Waals surface area contributed by atoms with Crippen molar-refractivity contribution >= 4 is 0 Å². The molecular formula is C20H25FN2. The normalized spacial score (nSPS) is 22.0. The summed E-state index contributed by atoms with van der Waals surface area (Å²) in [6, 6.07) is 15.6. The van der Waals surface area contributed by atoms with Gasteiger partial charge < -0.3 is 11.1 Å². The molecular weight excluding hydrogens is 287 g/mol. The summed E-state index contributed by atoms with van der Waals surface area (Å²) in [4.78, 5) is 0. The van der Waals surface area contributed by atoms with Crippen LogP contribution in [0.3, 0.4) is 0 Å². The molecule has 0 bridgehead atoms. The topological polar surface area (TPSA) is 38.0 Å². The van der Waals surface area contributed by atoms with E-state index in [1.54, 1.807) is 0 Å². The van der Waals surface area contributed by atoms with Gasteiger partial charge in [0.15, 0.2) is 0 Å². The van der Waals surface area contributed by atoms with Gasteiger partial charge in [-0.25, -0.2) is 4.39 Å². The van der Waals surface area contributed by atoms with Gasteiger partial charge in [0.25, 0.3) is 0 Å². The maximum Gasteiger partial charge on any atom is 0.123 e. The summed E-state index contributed by atoms with van der Waals surface area (Å²) in [5.74, 6) is -0.199. The Balaban J connectivity index is 1.90. The molecule has 3 heteroatoms. The highest BCUT2D eigenvalue weighted by Crippen LogP contribution is 2.41. The van der Waals surface area contributed by atoms with Gasteiger partial charge in [0, 0.05) is 18.1 Å². The van der Waals surface area contributed by atoms with Crippen molar-refractivity contribution in [3.8, 4) is 0 Å². The Morgan fingerprint density at radius 1 is 1.04 bits per heavy atom. The Morgan fingerprint density at radius 2 is 1.65 bits per heavy atom. The number of halogens is 1. The monoisotopic (exact) mass is 312 g/mol. The number of hydrogen-bond donors (Lipinski definition) is 2. The fourth-order valence-corrected chi connectivity index (χ4v) is 3.53. The average molecular weight is 312 g/mol. The van der Waals surface area contributed by atoms with Crippen LogP contribution >= 0.6 is 0 Å². The lowest BCUT2D eigenvalue weighted by Crippen LogP contribution is -2.34. The van der Waals surface area contributed by atoms with Crippen molar-refractivity contribution in [1.29, 1.82) is 0 Å². The van der Waals surface area contributed by atoms with Crippen molar-refractivity contribution in [3.63, 3.8) is 0 Å². The molecule has 0 aromatic heterocycles. The van der Waals surface area contributed by atoms with Crippen molar-refractivity contribution in [2.75, 3.05) is 0 Å². The highest BCUT2D eigenvalue weighted by molar-refractivity contribution is 5.38. The average Bonchev–Trinajstić information content (AvgIpc) is 2.82. The van der Waals surface area contributed by atoms with Crippen LogP contribution in [0.15, 0.2) is 48.5 Å². The Bertz CT molecular complexity index is 673. The smallest absolute Gasteiger partial charge is 0.123 e. The van der Waals surface area contributed by atoms with E-state index in [9.17, 15) is 4.39 Å². The molecule has 2 aromatic carbocycles. The summed E-state index contributed by atoms with van der Waals surface area (Å²) < 4.78 is 13.3. The number of rotatable bonds is 3. The van der Waals surface area contributed by atoms with Gasteiger partial charge in [0.1, 0.15) is 5.82 Å². The summed E-state index contributed by atoms with van der Waals surface area (Å²) >= 11 is 0. The van der Waals surface area contributed by atoms with Crippen molar-refractivity contribution in [1.82, 2.24) is 5.32 Å². The van der Waals surface area contributed by atoms with Crippen LogP contribution < -0.4 is 11.1 Å². The summed E-state index contributed by atoms with van der Waals surface area (Å²) in [6.45, 7) is 6.61. The summed E-state index contributed by atoms with van der Waals surface area (Å²) in [6.07, 6.45) is 0.896. The first-order chi connectivity index (χ1) is 10.9. The van der Waals surface area contributed by atoms with Crippen molar-refractivity contribution in [2.24, 2.45) is 11.1 Å². The Morgan fingerprint density at radius 3 is 2.26 bits per heavy atom. The molecule has 0 saturated heterocycles. The van der Waals surface area contributed by atoms with Gasteiger partial charge in [-0.05, 0) is 40.7 Å². The maximum atomic E-state index is 13.3. The zero-order valence-corrected chi connectivity index (χ0v) is 14.0. The van der Waals surface area contributed by atoms with Gasteiger partial charge in [-0.2, -0.15) is 0 Å². The van der Waals surface area contributed by atoms with E-state index in [4.69, 9.17) is 5.73 Å². The number of nitrogens with one attached hydrogen (secondary N) is 1. The third kappa shape index (κ3) is 3.31. The number of benzene rings is 2. The van der Waals surface area contributed by atoms with E-state index >= 15 is 0 Å². The highest BCUT2D eigenvalue weighted by Gasteiger charge is 2.34. The molecule has 3 rings (SSSR count). The SMILES string of the molecule is CC(C)(C)C(NC1CC(N)c2ccccc21)c1ccc(F)cc1. The fourth-order valence-electron chi connectivity index (χ4n) is 3.53. The van der Waals surface area contributed by atoms with E-state index < -0.39 is 0 Å². The molecule has 2 aromatic rings. The molecule has 3 N–H and O–H groups in total. The van der Waals surface area contributed by atoms with Gasteiger partial charge in [-0.1, -0.05) is 57.2 Å². The van der Waals surface area contributed by atoms with Crippen LogP contribution in [0.1, 0.15) is 62.0 Å². The van der Waals surface area contributed by atoms with Gasteiger partial charge in [-0.3, -0.25) is 0 Å². The molecule has 23 heavy (non-hydrogen) atoms. The van der Waals surface area contributed by atoms with Crippen LogP contribution in [-0.2, 0) is 0 Å². The lowest BCUT2D eigenvalue weighted by molar-refractivity contribution is 0.246. The minimum Gasteiger partial charge on any atom is -0.324 e. The molecule has 0 fully saturated rings. The van der Waals surface area contributed by atoms with Crippen molar-refractivity contribution < 1.29 is 4.39 Å². The van der Waals surface area contributed by atoms with E-state index in [0.717, 1.165) is 12.0 Å². The molecule has 122 valence electrons. The van der Waals surface area contributed by atoms with Gasteiger partial charge >= 0.3 is 0 Å². The number of nitrogens with two attached hydrogens (primary N) is 1.